The predicted molar refractivity (Wildman–Crippen MR) is 127 cm³/mol. The van der Waals surface area contributed by atoms with E-state index in [9.17, 15) is 19.7 Å². The van der Waals surface area contributed by atoms with Gasteiger partial charge >= 0.3 is 0 Å². The molecule has 0 aliphatic carbocycles. The van der Waals surface area contributed by atoms with E-state index in [1.54, 1.807) is 4.90 Å². The maximum atomic E-state index is 13.4. The topological polar surface area (TPSA) is 102 Å². The molecule has 10 heteroatoms. The summed E-state index contributed by atoms with van der Waals surface area (Å²) < 4.78 is 5.36. The number of carbonyl (C=O) groups excluding carboxylic acids is 2. The van der Waals surface area contributed by atoms with E-state index in [1.165, 1.54) is 23.5 Å². The number of ether oxygens (including phenoxy) is 1. The zero-order valence-corrected chi connectivity index (χ0v) is 19.2. The van der Waals surface area contributed by atoms with Gasteiger partial charge < -0.3 is 15.0 Å². The Morgan fingerprint density at radius 1 is 1.15 bits per heavy atom. The van der Waals surface area contributed by atoms with Crippen molar-refractivity contribution in [3.05, 3.63) is 80.4 Å². The Kier molecular flexibility index (Phi) is 6.73. The summed E-state index contributed by atoms with van der Waals surface area (Å²) >= 11 is 7.17. The Balaban J connectivity index is 1.73. The number of nitro groups is 1. The molecule has 1 aliphatic heterocycles. The number of benzene rings is 2. The van der Waals surface area contributed by atoms with E-state index in [0.717, 1.165) is 22.1 Å². The summed E-state index contributed by atoms with van der Waals surface area (Å²) in [6.07, 6.45) is 0. The van der Waals surface area contributed by atoms with E-state index in [4.69, 9.17) is 16.3 Å². The molecule has 1 N–H and O–H groups in total. The van der Waals surface area contributed by atoms with Gasteiger partial charge in [-0.1, -0.05) is 41.9 Å². The molecule has 0 radical (unpaired) electrons. The Morgan fingerprint density at radius 3 is 2.52 bits per heavy atom. The van der Waals surface area contributed by atoms with Crippen LogP contribution in [-0.4, -0.2) is 47.9 Å². The third-order valence-corrected chi connectivity index (χ3v) is 6.90. The highest BCUT2D eigenvalue weighted by Gasteiger charge is 2.28. The van der Waals surface area contributed by atoms with Crippen molar-refractivity contribution in [2.24, 2.45) is 0 Å². The van der Waals surface area contributed by atoms with Gasteiger partial charge in [-0.2, -0.15) is 0 Å². The second-order valence-electron chi connectivity index (χ2n) is 7.41. The van der Waals surface area contributed by atoms with Crippen LogP contribution in [0.25, 0.3) is 10.4 Å². The number of anilines is 1. The minimum atomic E-state index is -0.644. The van der Waals surface area contributed by atoms with Crippen LogP contribution in [0.2, 0.25) is 5.02 Å². The monoisotopic (exact) mass is 485 g/mol. The zero-order chi connectivity index (χ0) is 23.5. The molecule has 0 atom stereocenters. The summed E-state index contributed by atoms with van der Waals surface area (Å²) in [6, 6.07) is 13.4. The third-order valence-electron chi connectivity index (χ3n) is 5.33. The van der Waals surface area contributed by atoms with Crippen molar-refractivity contribution < 1.29 is 19.2 Å². The number of morpholine rings is 1. The molecule has 2 aromatic carbocycles. The van der Waals surface area contributed by atoms with Crippen LogP contribution in [0, 0.1) is 17.0 Å². The van der Waals surface area contributed by atoms with Gasteiger partial charge in [0.2, 0.25) is 0 Å². The summed E-state index contributed by atoms with van der Waals surface area (Å²) in [5.74, 6) is -0.752. The summed E-state index contributed by atoms with van der Waals surface area (Å²) in [5.41, 5.74) is 1.82. The molecule has 1 fully saturated rings. The van der Waals surface area contributed by atoms with Crippen LogP contribution in [-0.2, 0) is 4.74 Å². The molecule has 2 heterocycles. The van der Waals surface area contributed by atoms with E-state index < -0.39 is 10.8 Å². The number of hydrogen-bond donors (Lipinski definition) is 1. The molecule has 0 saturated carbocycles. The fraction of sp³-hybridized carbons (Fsp3) is 0.217. The van der Waals surface area contributed by atoms with Crippen molar-refractivity contribution in [2.45, 2.75) is 6.92 Å². The lowest BCUT2D eigenvalue weighted by atomic mass is 10.1. The normalized spacial score (nSPS) is 13.6. The van der Waals surface area contributed by atoms with E-state index in [-0.39, 0.29) is 22.2 Å². The van der Waals surface area contributed by atoms with Crippen molar-refractivity contribution in [3.8, 4) is 10.4 Å². The summed E-state index contributed by atoms with van der Waals surface area (Å²) in [6.45, 7) is 3.69. The van der Waals surface area contributed by atoms with Gasteiger partial charge in [-0.3, -0.25) is 19.7 Å². The maximum Gasteiger partial charge on any atom is 0.288 e. The van der Waals surface area contributed by atoms with Gasteiger partial charge in [0.15, 0.2) is 0 Å². The number of hydrogen-bond acceptors (Lipinski definition) is 6. The maximum absolute atomic E-state index is 13.4. The van der Waals surface area contributed by atoms with Crippen molar-refractivity contribution in [2.75, 3.05) is 31.6 Å². The number of halogens is 1. The van der Waals surface area contributed by atoms with E-state index in [2.05, 4.69) is 5.32 Å². The lowest BCUT2D eigenvalue weighted by Gasteiger charge is -2.27. The van der Waals surface area contributed by atoms with E-state index in [0.29, 0.717) is 36.9 Å². The standard InChI is InChI=1S/C23H20ClN3O5S/c1-14-19(23(29)26-9-11-32-12-10-26)22(33-20(14)15-5-3-2-4-6-15)25-21(28)16-7-8-17(24)18(13-16)27(30)31/h2-8,13H,9-12H2,1H3,(H,25,28). The van der Waals surface area contributed by atoms with Gasteiger partial charge in [0.1, 0.15) is 10.0 Å². The summed E-state index contributed by atoms with van der Waals surface area (Å²) in [4.78, 5) is 39.5. The van der Waals surface area contributed by atoms with Crippen LogP contribution in [0.1, 0.15) is 26.3 Å². The SMILES string of the molecule is Cc1c(-c2ccccc2)sc(NC(=O)c2ccc(Cl)c([N+](=O)[O-])c2)c1C(=O)N1CCOCC1. The highest BCUT2D eigenvalue weighted by atomic mass is 35.5. The van der Waals surface area contributed by atoms with E-state index in [1.807, 2.05) is 37.3 Å². The first-order valence-electron chi connectivity index (χ1n) is 10.2. The number of nitro benzene ring substituents is 1. The number of nitrogens with one attached hydrogen (secondary N) is 1. The Labute approximate surface area is 198 Å². The van der Waals surface area contributed by atoms with Crippen molar-refractivity contribution in [1.82, 2.24) is 4.90 Å². The molecule has 3 aromatic rings. The van der Waals surface area contributed by atoms with Gasteiger partial charge in [0, 0.05) is 29.6 Å². The number of nitrogens with zero attached hydrogens (tertiary/aromatic N) is 2. The molecule has 170 valence electrons. The molecule has 1 aliphatic rings. The Morgan fingerprint density at radius 2 is 1.85 bits per heavy atom. The van der Waals surface area contributed by atoms with Crippen LogP contribution in [0.15, 0.2) is 48.5 Å². The second-order valence-corrected chi connectivity index (χ2v) is 8.84. The number of amides is 2. The smallest absolute Gasteiger partial charge is 0.288 e. The highest BCUT2D eigenvalue weighted by Crippen LogP contribution is 2.41. The average Bonchev–Trinajstić information content (AvgIpc) is 3.15. The molecule has 33 heavy (non-hydrogen) atoms. The van der Waals surface area contributed by atoms with Crippen molar-refractivity contribution in [3.63, 3.8) is 0 Å². The van der Waals surface area contributed by atoms with Crippen molar-refractivity contribution >= 4 is 45.4 Å². The summed E-state index contributed by atoms with van der Waals surface area (Å²) in [5, 5.41) is 14.3. The highest BCUT2D eigenvalue weighted by molar-refractivity contribution is 7.20. The van der Waals surface area contributed by atoms with Gasteiger partial charge in [-0.05, 0) is 30.2 Å². The largest absolute Gasteiger partial charge is 0.378 e. The lowest BCUT2D eigenvalue weighted by molar-refractivity contribution is -0.384. The first-order chi connectivity index (χ1) is 15.9. The van der Waals surface area contributed by atoms with Crippen LogP contribution in [0.4, 0.5) is 10.7 Å². The fourth-order valence-corrected chi connectivity index (χ4v) is 5.00. The molecule has 0 unspecified atom stereocenters. The van der Waals surface area contributed by atoms with Gasteiger partial charge in [0.05, 0.1) is 23.7 Å². The summed E-state index contributed by atoms with van der Waals surface area (Å²) in [7, 11) is 0. The number of thiophene rings is 1. The van der Waals surface area contributed by atoms with Gasteiger partial charge in [0.25, 0.3) is 17.5 Å². The molecular formula is C23H20ClN3O5S. The van der Waals surface area contributed by atoms with E-state index >= 15 is 0 Å². The molecule has 2 amide bonds. The fourth-order valence-electron chi connectivity index (χ4n) is 3.62. The zero-order valence-electron chi connectivity index (χ0n) is 17.7. The van der Waals surface area contributed by atoms with Crippen LogP contribution >= 0.6 is 22.9 Å². The van der Waals surface area contributed by atoms with Gasteiger partial charge in [-0.15, -0.1) is 11.3 Å². The second kappa shape index (κ2) is 9.70. The van der Waals surface area contributed by atoms with Crippen molar-refractivity contribution in [1.29, 1.82) is 0 Å². The Bertz CT molecular complexity index is 1220. The predicted octanol–water partition coefficient (Wildman–Crippen LogP) is 5.01. The molecule has 1 aromatic heterocycles. The lowest BCUT2D eigenvalue weighted by Crippen LogP contribution is -2.41. The van der Waals surface area contributed by atoms with Gasteiger partial charge in [-0.25, -0.2) is 0 Å². The van der Waals surface area contributed by atoms with Crippen LogP contribution < -0.4 is 5.32 Å². The quantitative estimate of drug-likeness (QED) is 0.404. The molecular weight excluding hydrogens is 466 g/mol. The minimum absolute atomic E-state index is 0.0573. The number of rotatable bonds is 5. The minimum Gasteiger partial charge on any atom is -0.378 e. The molecule has 8 nitrogen and oxygen atoms in total. The van der Waals surface area contributed by atoms with Crippen LogP contribution in [0.5, 0.6) is 0 Å². The number of carbonyl (C=O) groups is 2. The third kappa shape index (κ3) is 4.75. The molecule has 1 saturated heterocycles. The van der Waals surface area contributed by atoms with Crippen LogP contribution in [0.3, 0.4) is 0 Å². The first-order valence-corrected chi connectivity index (χ1v) is 11.4. The molecule has 0 spiro atoms. The first kappa shape index (κ1) is 22.9. The Hall–Kier alpha value is -3.27. The molecule has 4 rings (SSSR count). The average molecular weight is 486 g/mol. The molecule has 0 bridgehead atoms.